The summed E-state index contributed by atoms with van der Waals surface area (Å²) in [6.45, 7) is 0.209. The quantitative estimate of drug-likeness (QED) is 0.818. The Hall–Kier alpha value is -1.88. The number of carbonyl (C=O) groups is 2. The van der Waals surface area contributed by atoms with Gasteiger partial charge in [-0.25, -0.2) is 0 Å². The number of ether oxygens (including phenoxy) is 1. The molecule has 0 aromatic heterocycles. The highest BCUT2D eigenvalue weighted by atomic mass is 16.5. The first kappa shape index (κ1) is 14.5. The van der Waals surface area contributed by atoms with Gasteiger partial charge in [-0.15, -0.1) is 0 Å². The number of carboxylic acid groups (broad SMARTS) is 1. The Morgan fingerprint density at radius 1 is 1.35 bits per heavy atom. The van der Waals surface area contributed by atoms with Gasteiger partial charge in [-0.1, -0.05) is 36.8 Å². The first-order chi connectivity index (χ1) is 9.51. The van der Waals surface area contributed by atoms with Gasteiger partial charge in [0.15, 0.2) is 0 Å². The zero-order valence-electron chi connectivity index (χ0n) is 11.2. The zero-order chi connectivity index (χ0) is 14.6. The smallest absolute Gasteiger partial charge is 0.323 e. The number of hydrogen-bond donors (Lipinski definition) is 2. The molecule has 2 unspecified atom stereocenters. The first-order valence-electron chi connectivity index (χ1n) is 6.74. The van der Waals surface area contributed by atoms with Crippen molar-refractivity contribution >= 4 is 11.9 Å². The van der Waals surface area contributed by atoms with E-state index in [0.29, 0.717) is 19.3 Å². The van der Waals surface area contributed by atoms with Crippen LogP contribution in [0.5, 0.6) is 0 Å². The van der Waals surface area contributed by atoms with Crippen molar-refractivity contribution in [1.82, 2.24) is 0 Å². The first-order valence-corrected chi connectivity index (χ1v) is 6.74. The van der Waals surface area contributed by atoms with Crippen molar-refractivity contribution in [3.05, 3.63) is 35.9 Å². The van der Waals surface area contributed by atoms with Crippen LogP contribution in [0.1, 0.15) is 31.2 Å². The molecule has 0 spiro atoms. The number of nitrogens with two attached hydrogens (primary N) is 1. The molecule has 1 fully saturated rings. The minimum Gasteiger partial charge on any atom is -0.480 e. The van der Waals surface area contributed by atoms with Crippen molar-refractivity contribution < 1.29 is 19.4 Å². The predicted molar refractivity (Wildman–Crippen MR) is 72.8 cm³/mol. The van der Waals surface area contributed by atoms with E-state index in [1.165, 1.54) is 0 Å². The number of carboxylic acids is 1. The van der Waals surface area contributed by atoms with E-state index in [-0.39, 0.29) is 19.0 Å². The molecule has 108 valence electrons. The predicted octanol–water partition coefficient (Wildman–Crippen LogP) is 1.70. The summed E-state index contributed by atoms with van der Waals surface area (Å²) in [5.41, 5.74) is 5.44. The topological polar surface area (TPSA) is 89.6 Å². The molecule has 0 bridgehead atoms. The fraction of sp³-hybridized carbons (Fsp3) is 0.467. The molecule has 5 nitrogen and oxygen atoms in total. The van der Waals surface area contributed by atoms with Gasteiger partial charge in [0.25, 0.3) is 0 Å². The number of rotatable bonds is 4. The normalized spacial score (nSPS) is 25.9. The van der Waals surface area contributed by atoms with Crippen LogP contribution in [0.3, 0.4) is 0 Å². The Bertz CT molecular complexity index is 488. The van der Waals surface area contributed by atoms with E-state index >= 15 is 0 Å². The maximum Gasteiger partial charge on any atom is 0.323 e. The van der Waals surface area contributed by atoms with Crippen LogP contribution >= 0.6 is 0 Å². The van der Waals surface area contributed by atoms with E-state index in [9.17, 15) is 9.59 Å². The van der Waals surface area contributed by atoms with Gasteiger partial charge in [0.05, 0.1) is 5.92 Å². The molecule has 1 aromatic carbocycles. The minimum absolute atomic E-state index is 0.149. The van der Waals surface area contributed by atoms with Gasteiger partial charge < -0.3 is 15.6 Å². The molecule has 1 aromatic rings. The summed E-state index contributed by atoms with van der Waals surface area (Å²) >= 11 is 0. The van der Waals surface area contributed by atoms with E-state index in [2.05, 4.69) is 0 Å². The van der Waals surface area contributed by atoms with Crippen LogP contribution in [0.2, 0.25) is 0 Å². The van der Waals surface area contributed by atoms with Crippen molar-refractivity contribution in [2.45, 2.75) is 37.8 Å². The van der Waals surface area contributed by atoms with Crippen molar-refractivity contribution in [2.75, 3.05) is 0 Å². The Labute approximate surface area is 117 Å². The Morgan fingerprint density at radius 3 is 2.70 bits per heavy atom. The number of carbonyl (C=O) groups excluding carboxylic acids is 1. The van der Waals surface area contributed by atoms with E-state index in [0.717, 1.165) is 5.56 Å². The fourth-order valence-electron chi connectivity index (χ4n) is 2.55. The Morgan fingerprint density at radius 2 is 2.05 bits per heavy atom. The molecule has 5 heteroatoms. The van der Waals surface area contributed by atoms with Crippen molar-refractivity contribution in [3.63, 3.8) is 0 Å². The van der Waals surface area contributed by atoms with Crippen molar-refractivity contribution in [1.29, 1.82) is 0 Å². The third-order valence-electron chi connectivity index (χ3n) is 3.77. The second-order valence-corrected chi connectivity index (χ2v) is 5.35. The molecule has 3 N–H and O–H groups in total. The molecule has 2 rings (SSSR count). The summed E-state index contributed by atoms with van der Waals surface area (Å²) in [7, 11) is 0. The van der Waals surface area contributed by atoms with Gasteiger partial charge in [-0.3, -0.25) is 9.59 Å². The molecule has 20 heavy (non-hydrogen) atoms. The monoisotopic (exact) mass is 277 g/mol. The molecule has 1 aliphatic rings. The number of esters is 1. The second-order valence-electron chi connectivity index (χ2n) is 5.35. The number of benzene rings is 1. The molecule has 0 radical (unpaired) electrons. The van der Waals surface area contributed by atoms with Crippen LogP contribution < -0.4 is 5.73 Å². The molecule has 1 saturated carbocycles. The highest BCUT2D eigenvalue weighted by Crippen LogP contribution is 2.31. The fourth-order valence-corrected chi connectivity index (χ4v) is 2.55. The number of hydrogen-bond acceptors (Lipinski definition) is 4. The van der Waals surface area contributed by atoms with E-state index in [4.69, 9.17) is 15.6 Å². The maximum atomic E-state index is 12.0. The highest BCUT2D eigenvalue weighted by molar-refractivity contribution is 5.81. The van der Waals surface area contributed by atoms with Crippen LogP contribution in [0, 0.1) is 5.92 Å². The van der Waals surface area contributed by atoms with Gasteiger partial charge in [-0.2, -0.15) is 0 Å². The number of aliphatic carboxylic acids is 1. The lowest BCUT2D eigenvalue weighted by Gasteiger charge is -2.33. The van der Waals surface area contributed by atoms with Crippen molar-refractivity contribution in [2.24, 2.45) is 11.7 Å². The summed E-state index contributed by atoms with van der Waals surface area (Å²) in [6, 6.07) is 9.39. The minimum atomic E-state index is -1.30. The third kappa shape index (κ3) is 3.36. The summed E-state index contributed by atoms with van der Waals surface area (Å²) in [5, 5.41) is 9.13. The summed E-state index contributed by atoms with van der Waals surface area (Å²) in [6.07, 6.45) is 1.83. The lowest BCUT2D eigenvalue weighted by Crippen LogP contribution is -2.52. The largest absolute Gasteiger partial charge is 0.480 e. The molecular weight excluding hydrogens is 258 g/mol. The van der Waals surface area contributed by atoms with Gasteiger partial charge in [0.2, 0.25) is 0 Å². The average molecular weight is 277 g/mol. The van der Waals surface area contributed by atoms with Crippen LogP contribution in [-0.4, -0.2) is 22.6 Å². The zero-order valence-corrected chi connectivity index (χ0v) is 11.2. The van der Waals surface area contributed by atoms with E-state index < -0.39 is 17.4 Å². The third-order valence-corrected chi connectivity index (χ3v) is 3.77. The molecule has 0 aliphatic heterocycles. The lowest BCUT2D eigenvalue weighted by molar-refractivity contribution is -0.154. The van der Waals surface area contributed by atoms with Crippen LogP contribution in [0.15, 0.2) is 30.3 Å². The molecular formula is C15H19NO4. The van der Waals surface area contributed by atoms with Gasteiger partial charge in [-0.05, 0) is 24.8 Å². The van der Waals surface area contributed by atoms with Gasteiger partial charge >= 0.3 is 11.9 Å². The Kier molecular flexibility index (Phi) is 4.39. The van der Waals surface area contributed by atoms with Crippen LogP contribution in [-0.2, 0) is 20.9 Å². The van der Waals surface area contributed by atoms with Crippen molar-refractivity contribution in [3.8, 4) is 0 Å². The molecule has 1 aliphatic carbocycles. The van der Waals surface area contributed by atoms with Gasteiger partial charge in [0, 0.05) is 0 Å². The van der Waals surface area contributed by atoms with Gasteiger partial charge in [0.1, 0.15) is 12.1 Å². The lowest BCUT2D eigenvalue weighted by atomic mass is 9.76. The van der Waals surface area contributed by atoms with Crippen LogP contribution in [0.25, 0.3) is 0 Å². The molecule has 0 amide bonds. The maximum absolute atomic E-state index is 12.0. The summed E-state index contributed by atoms with van der Waals surface area (Å²) in [4.78, 5) is 23.2. The molecule has 0 saturated heterocycles. The van der Waals surface area contributed by atoms with E-state index in [1.807, 2.05) is 30.3 Å². The molecule has 2 atom stereocenters. The summed E-state index contributed by atoms with van der Waals surface area (Å²) in [5.74, 6) is -1.82. The summed E-state index contributed by atoms with van der Waals surface area (Å²) < 4.78 is 5.25. The van der Waals surface area contributed by atoms with Crippen LogP contribution in [0.4, 0.5) is 0 Å². The SMILES string of the molecule is NC1(C(=O)O)CCCC(C(=O)OCc2ccccc2)C1. The standard InChI is InChI=1S/C15H19NO4/c16-15(14(18)19)8-4-7-12(9-15)13(17)20-10-11-5-2-1-3-6-11/h1-3,5-6,12H,4,7-10,16H2,(H,18,19). The Balaban J connectivity index is 1.91. The highest BCUT2D eigenvalue weighted by Gasteiger charge is 2.42. The average Bonchev–Trinajstić information content (AvgIpc) is 2.46. The molecule has 0 heterocycles. The van der Waals surface area contributed by atoms with E-state index in [1.54, 1.807) is 0 Å². The second kappa shape index (κ2) is 6.05.